The predicted molar refractivity (Wildman–Crippen MR) is 130 cm³/mol. The lowest BCUT2D eigenvalue weighted by Crippen LogP contribution is -2.25. The number of nitrogens with zero attached hydrogens (tertiary/aromatic N) is 4. The fraction of sp³-hybridized carbons (Fsp3) is 0.565. The third-order valence-corrected chi connectivity index (χ3v) is 6.97. The standard InChI is InChI=1S/C23H32F2N6OS/c1-14-18(13-33-19-8-9-27-15(2)20(19)26-4)21(31-22(29-14)28-10-11-32-5)30-17-7-6-16(12-17)23(3,24)25/h8-9,16-17H,4,6-7,10-13H2,1-3,5H3,(H2,28,29,30,31). The normalized spacial score (nSPS) is 18.4. The number of alkyl halides is 2. The molecule has 2 atom stereocenters. The molecule has 1 aliphatic rings. The molecule has 7 nitrogen and oxygen atoms in total. The van der Waals surface area contributed by atoms with Gasteiger partial charge in [0.1, 0.15) is 5.82 Å². The average Bonchev–Trinajstić information content (AvgIpc) is 3.22. The van der Waals surface area contributed by atoms with Gasteiger partial charge in [0.15, 0.2) is 0 Å². The molecule has 10 heteroatoms. The molecule has 2 N–H and O–H groups in total. The lowest BCUT2D eigenvalue weighted by molar-refractivity contribution is -0.0369. The van der Waals surface area contributed by atoms with Crippen LogP contribution in [-0.2, 0) is 10.5 Å². The van der Waals surface area contributed by atoms with Crippen molar-refractivity contribution >= 4 is 35.9 Å². The molecule has 1 saturated carbocycles. The lowest BCUT2D eigenvalue weighted by Gasteiger charge is -2.21. The zero-order chi connectivity index (χ0) is 24.0. The molecular formula is C23H32F2N6OS. The Morgan fingerprint density at radius 2 is 2.06 bits per heavy atom. The molecule has 0 aromatic carbocycles. The second-order valence-electron chi connectivity index (χ2n) is 8.38. The number of ether oxygens (including phenoxy) is 1. The fourth-order valence-corrected chi connectivity index (χ4v) is 5.14. The fourth-order valence-electron chi connectivity index (χ4n) is 3.99. The third kappa shape index (κ3) is 6.60. The van der Waals surface area contributed by atoms with Crippen molar-refractivity contribution in [2.24, 2.45) is 10.9 Å². The van der Waals surface area contributed by atoms with Crippen LogP contribution in [0.4, 0.5) is 26.2 Å². The Balaban J connectivity index is 1.84. The minimum Gasteiger partial charge on any atom is -0.383 e. The monoisotopic (exact) mass is 478 g/mol. The first kappa shape index (κ1) is 25.3. The number of nitrogens with one attached hydrogen (secondary N) is 2. The third-order valence-electron chi connectivity index (χ3n) is 5.89. The largest absolute Gasteiger partial charge is 0.383 e. The van der Waals surface area contributed by atoms with Crippen LogP contribution < -0.4 is 10.6 Å². The quantitative estimate of drug-likeness (QED) is 0.254. The molecule has 0 bridgehead atoms. The van der Waals surface area contributed by atoms with Crippen LogP contribution in [0.1, 0.15) is 43.1 Å². The summed E-state index contributed by atoms with van der Waals surface area (Å²) in [5, 5.41) is 6.61. The molecule has 1 aliphatic carbocycles. The van der Waals surface area contributed by atoms with Crippen molar-refractivity contribution in [3.63, 3.8) is 0 Å². The number of hydrogen-bond acceptors (Lipinski definition) is 8. The van der Waals surface area contributed by atoms with E-state index in [1.54, 1.807) is 25.1 Å². The molecule has 0 radical (unpaired) electrons. The molecule has 0 amide bonds. The van der Waals surface area contributed by atoms with Gasteiger partial charge >= 0.3 is 0 Å². The smallest absolute Gasteiger partial charge is 0.248 e. The topological polar surface area (TPSA) is 84.3 Å². The Bertz CT molecular complexity index is 969. The van der Waals surface area contributed by atoms with E-state index in [1.165, 1.54) is 0 Å². The van der Waals surface area contributed by atoms with Gasteiger partial charge in [0.25, 0.3) is 0 Å². The summed E-state index contributed by atoms with van der Waals surface area (Å²) in [5.41, 5.74) is 3.34. The maximum Gasteiger partial charge on any atom is 0.248 e. The van der Waals surface area contributed by atoms with Gasteiger partial charge in [0.05, 0.1) is 18.0 Å². The van der Waals surface area contributed by atoms with Crippen molar-refractivity contribution in [2.45, 2.75) is 62.6 Å². The Morgan fingerprint density at radius 1 is 1.27 bits per heavy atom. The summed E-state index contributed by atoms with van der Waals surface area (Å²) in [5.74, 6) is -1.52. The second kappa shape index (κ2) is 11.2. The number of anilines is 2. The SMILES string of the molecule is C=Nc1c(SCc2c(C)nc(NCCOC)nc2NC2CCC(C(C)(F)F)C2)ccnc1C. The van der Waals surface area contributed by atoms with Gasteiger partial charge in [-0.3, -0.25) is 9.98 Å². The zero-order valence-electron chi connectivity index (χ0n) is 19.6. The van der Waals surface area contributed by atoms with Crippen LogP contribution in [-0.4, -0.2) is 53.9 Å². The van der Waals surface area contributed by atoms with Crippen molar-refractivity contribution in [1.29, 1.82) is 0 Å². The van der Waals surface area contributed by atoms with E-state index in [0.717, 1.165) is 34.5 Å². The summed E-state index contributed by atoms with van der Waals surface area (Å²) in [6, 6.07) is 1.86. The van der Waals surface area contributed by atoms with Crippen LogP contribution in [0, 0.1) is 19.8 Å². The van der Waals surface area contributed by atoms with Gasteiger partial charge in [-0.2, -0.15) is 4.98 Å². The minimum absolute atomic E-state index is 0.0562. The van der Waals surface area contributed by atoms with Gasteiger partial charge in [-0.25, -0.2) is 13.8 Å². The molecule has 180 valence electrons. The highest BCUT2D eigenvalue weighted by molar-refractivity contribution is 7.98. The molecule has 33 heavy (non-hydrogen) atoms. The number of aliphatic imine (C=N–C) groups is 1. The first-order valence-electron chi connectivity index (χ1n) is 11.0. The van der Waals surface area contributed by atoms with Crippen molar-refractivity contribution in [1.82, 2.24) is 15.0 Å². The number of rotatable bonds is 11. The zero-order valence-corrected chi connectivity index (χ0v) is 20.4. The molecule has 2 unspecified atom stereocenters. The Kier molecular flexibility index (Phi) is 8.58. The van der Waals surface area contributed by atoms with Crippen LogP contribution in [0.2, 0.25) is 0 Å². The molecular weight excluding hydrogens is 446 g/mol. The van der Waals surface area contributed by atoms with E-state index >= 15 is 0 Å². The van der Waals surface area contributed by atoms with Crippen LogP contribution >= 0.6 is 11.8 Å². The number of hydrogen-bond donors (Lipinski definition) is 2. The maximum absolute atomic E-state index is 13.8. The first-order valence-corrected chi connectivity index (χ1v) is 12.0. The van der Waals surface area contributed by atoms with Crippen molar-refractivity contribution < 1.29 is 13.5 Å². The Labute approximate surface area is 198 Å². The van der Waals surface area contributed by atoms with Gasteiger partial charge in [-0.15, -0.1) is 11.8 Å². The highest BCUT2D eigenvalue weighted by atomic mass is 32.2. The van der Waals surface area contributed by atoms with E-state index in [-0.39, 0.29) is 6.04 Å². The molecule has 2 aromatic heterocycles. The maximum atomic E-state index is 13.8. The van der Waals surface area contributed by atoms with Gasteiger partial charge in [-0.1, -0.05) is 0 Å². The number of aromatic nitrogens is 3. The molecule has 0 saturated heterocycles. The predicted octanol–water partition coefficient (Wildman–Crippen LogP) is 5.41. The summed E-state index contributed by atoms with van der Waals surface area (Å²) in [4.78, 5) is 18.7. The average molecular weight is 479 g/mol. The van der Waals surface area contributed by atoms with Gasteiger partial charge in [-0.05, 0) is 52.8 Å². The van der Waals surface area contributed by atoms with Crippen molar-refractivity contribution in [2.75, 3.05) is 30.9 Å². The van der Waals surface area contributed by atoms with Gasteiger partial charge in [0, 0.05) is 53.7 Å². The molecule has 2 heterocycles. The minimum atomic E-state index is -2.67. The van der Waals surface area contributed by atoms with Crippen molar-refractivity contribution in [3.8, 4) is 0 Å². The molecule has 0 spiro atoms. The summed E-state index contributed by atoms with van der Waals surface area (Å²) < 4.78 is 32.8. The number of methoxy groups -OCH3 is 1. The van der Waals surface area contributed by atoms with E-state index in [2.05, 4.69) is 32.3 Å². The molecule has 2 aromatic rings. The van der Waals surface area contributed by atoms with E-state index in [0.29, 0.717) is 49.9 Å². The van der Waals surface area contributed by atoms with Gasteiger partial charge in [0.2, 0.25) is 11.9 Å². The van der Waals surface area contributed by atoms with Crippen LogP contribution in [0.25, 0.3) is 0 Å². The van der Waals surface area contributed by atoms with E-state index < -0.39 is 11.8 Å². The van der Waals surface area contributed by atoms with Gasteiger partial charge < -0.3 is 15.4 Å². The highest BCUT2D eigenvalue weighted by Crippen LogP contribution is 2.40. The second-order valence-corrected chi connectivity index (χ2v) is 9.39. The van der Waals surface area contributed by atoms with Crippen LogP contribution in [0.5, 0.6) is 0 Å². The molecule has 0 aliphatic heterocycles. The number of halogens is 2. The van der Waals surface area contributed by atoms with Crippen LogP contribution in [0.3, 0.4) is 0 Å². The van der Waals surface area contributed by atoms with E-state index in [1.807, 2.05) is 19.9 Å². The molecule has 3 rings (SSSR count). The number of thioether (sulfide) groups is 1. The molecule has 1 fully saturated rings. The number of pyridine rings is 1. The van der Waals surface area contributed by atoms with Crippen LogP contribution in [0.15, 0.2) is 22.2 Å². The highest BCUT2D eigenvalue weighted by Gasteiger charge is 2.40. The summed E-state index contributed by atoms with van der Waals surface area (Å²) in [6.45, 7) is 9.61. The van der Waals surface area contributed by atoms with Crippen molar-refractivity contribution in [3.05, 3.63) is 29.2 Å². The summed E-state index contributed by atoms with van der Waals surface area (Å²) in [7, 11) is 1.63. The number of aryl methyl sites for hydroxylation is 2. The van der Waals surface area contributed by atoms with E-state index in [4.69, 9.17) is 9.72 Å². The Morgan fingerprint density at radius 3 is 2.73 bits per heavy atom. The lowest BCUT2D eigenvalue weighted by atomic mass is 10.0. The van der Waals surface area contributed by atoms with E-state index in [9.17, 15) is 8.78 Å². The summed E-state index contributed by atoms with van der Waals surface area (Å²) >= 11 is 1.60. The first-order chi connectivity index (χ1) is 15.7. The Hall–Kier alpha value is -2.33. The summed E-state index contributed by atoms with van der Waals surface area (Å²) in [6.07, 6.45) is 3.35.